The molecule has 20 heavy (non-hydrogen) atoms. The van der Waals surface area contributed by atoms with Crippen LogP contribution in [-0.4, -0.2) is 32.3 Å². The first-order valence-electron chi connectivity index (χ1n) is 6.04. The summed E-state index contributed by atoms with van der Waals surface area (Å²) in [5, 5.41) is 0. The van der Waals surface area contributed by atoms with Gasteiger partial charge in [0.2, 0.25) is 5.91 Å². The van der Waals surface area contributed by atoms with Crippen molar-refractivity contribution in [3.8, 4) is 5.75 Å². The van der Waals surface area contributed by atoms with E-state index in [1.54, 1.807) is 17.0 Å². The Bertz CT molecular complexity index is 637. The summed E-state index contributed by atoms with van der Waals surface area (Å²) in [5.74, 6) is -0.0322. The first kappa shape index (κ1) is 14.5. The average Bonchev–Trinajstić information content (AvgIpc) is 2.38. The quantitative estimate of drug-likeness (QED) is 0.800. The van der Waals surface area contributed by atoms with Crippen LogP contribution in [0.5, 0.6) is 5.75 Å². The largest absolute Gasteiger partial charge is 0.488 e. The van der Waals surface area contributed by atoms with Gasteiger partial charge in [-0.15, -0.1) is 0 Å². The van der Waals surface area contributed by atoms with E-state index in [0.717, 1.165) is 17.6 Å². The van der Waals surface area contributed by atoms with Crippen LogP contribution in [0.4, 0.5) is 3.89 Å². The lowest BCUT2D eigenvalue weighted by molar-refractivity contribution is -0.128. The van der Waals surface area contributed by atoms with Crippen molar-refractivity contribution in [2.75, 3.05) is 13.1 Å². The van der Waals surface area contributed by atoms with Crippen LogP contribution in [0, 0.1) is 0 Å². The van der Waals surface area contributed by atoms with E-state index in [0.29, 0.717) is 13.1 Å². The van der Waals surface area contributed by atoms with E-state index in [2.05, 4.69) is 4.18 Å². The molecule has 0 aliphatic carbocycles. The lowest BCUT2D eigenvalue weighted by Gasteiger charge is -2.25. The van der Waals surface area contributed by atoms with Gasteiger partial charge in [0, 0.05) is 20.0 Å². The highest BCUT2D eigenvalue weighted by Crippen LogP contribution is 2.25. The summed E-state index contributed by atoms with van der Waals surface area (Å²) in [6.45, 7) is 2.74. The van der Waals surface area contributed by atoms with Gasteiger partial charge < -0.3 is 9.08 Å². The summed E-state index contributed by atoms with van der Waals surface area (Å²) < 4.78 is 37.2. The number of hydrogen-bond acceptors (Lipinski definition) is 4. The van der Waals surface area contributed by atoms with Gasteiger partial charge in [0.15, 0.2) is 0 Å². The Morgan fingerprint density at radius 3 is 2.40 bits per heavy atom. The minimum absolute atomic E-state index is 0.0391. The predicted octanol–water partition coefficient (Wildman–Crippen LogP) is 1.92. The van der Waals surface area contributed by atoms with Crippen LogP contribution < -0.4 is 4.18 Å². The second kappa shape index (κ2) is 5.62. The second-order valence-corrected chi connectivity index (χ2v) is 5.40. The Morgan fingerprint density at radius 2 is 1.95 bits per heavy atom. The minimum atomic E-state index is -4.99. The van der Waals surface area contributed by atoms with Gasteiger partial charge in [-0.05, 0) is 29.7 Å². The van der Waals surface area contributed by atoms with Gasteiger partial charge in [-0.1, -0.05) is 22.1 Å². The van der Waals surface area contributed by atoms with Crippen molar-refractivity contribution in [3.63, 3.8) is 0 Å². The maximum absolute atomic E-state index is 12.3. The molecule has 7 heteroatoms. The summed E-state index contributed by atoms with van der Waals surface area (Å²) in [6.07, 6.45) is 2.67. The average molecular weight is 299 g/mol. The van der Waals surface area contributed by atoms with E-state index >= 15 is 0 Å². The number of rotatable bonds is 3. The summed E-state index contributed by atoms with van der Waals surface area (Å²) in [6, 6.07) is 6.11. The molecular weight excluding hydrogens is 285 g/mol. The van der Waals surface area contributed by atoms with E-state index < -0.39 is 10.5 Å². The molecule has 0 saturated heterocycles. The maximum Gasteiger partial charge on any atom is 0.488 e. The molecule has 0 atom stereocenters. The van der Waals surface area contributed by atoms with Crippen molar-refractivity contribution in [1.29, 1.82) is 0 Å². The topological polar surface area (TPSA) is 63.7 Å². The zero-order chi connectivity index (χ0) is 14.8. The van der Waals surface area contributed by atoms with E-state index in [1.807, 2.05) is 6.08 Å². The van der Waals surface area contributed by atoms with Crippen molar-refractivity contribution in [3.05, 3.63) is 35.9 Å². The standard InChI is InChI=1S/C13H14FNO4S/c1-10(16)15-8-6-12(7-9-15)11-2-4-13(5-3-11)19-20(14,17)18/h2-6H,7-9H2,1H3. The van der Waals surface area contributed by atoms with Crippen molar-refractivity contribution in [1.82, 2.24) is 4.90 Å². The van der Waals surface area contributed by atoms with Gasteiger partial charge in [0.05, 0.1) is 0 Å². The molecule has 0 fully saturated rings. The molecule has 1 aromatic carbocycles. The van der Waals surface area contributed by atoms with E-state index in [-0.39, 0.29) is 11.7 Å². The molecule has 0 saturated carbocycles. The van der Waals surface area contributed by atoms with Gasteiger partial charge in [-0.3, -0.25) is 4.79 Å². The SMILES string of the molecule is CC(=O)N1CC=C(c2ccc(OS(=O)(=O)F)cc2)CC1. The van der Waals surface area contributed by atoms with Crippen LogP contribution in [0.3, 0.4) is 0 Å². The van der Waals surface area contributed by atoms with Crippen molar-refractivity contribution >= 4 is 22.0 Å². The number of carbonyl (C=O) groups excluding carboxylic acids is 1. The van der Waals surface area contributed by atoms with E-state index in [1.165, 1.54) is 19.1 Å². The van der Waals surface area contributed by atoms with Crippen molar-refractivity contribution in [2.45, 2.75) is 13.3 Å². The zero-order valence-corrected chi connectivity index (χ0v) is 11.7. The third kappa shape index (κ3) is 3.80. The molecule has 1 aliphatic rings. The molecule has 0 radical (unpaired) electrons. The normalized spacial score (nSPS) is 15.7. The highest BCUT2D eigenvalue weighted by Gasteiger charge is 2.15. The Kier molecular flexibility index (Phi) is 4.08. The molecule has 1 amide bonds. The van der Waals surface area contributed by atoms with Crippen LogP contribution in [0.25, 0.3) is 5.57 Å². The summed E-state index contributed by atoms with van der Waals surface area (Å²) in [5.41, 5.74) is 1.97. The molecule has 1 aromatic rings. The van der Waals surface area contributed by atoms with Crippen molar-refractivity contribution in [2.24, 2.45) is 0 Å². The number of carbonyl (C=O) groups is 1. The predicted molar refractivity (Wildman–Crippen MR) is 71.9 cm³/mol. The minimum Gasteiger partial charge on any atom is -0.358 e. The van der Waals surface area contributed by atoms with Crippen LogP contribution in [0.15, 0.2) is 30.3 Å². The third-order valence-electron chi connectivity index (χ3n) is 3.08. The molecule has 1 heterocycles. The Balaban J connectivity index is 2.10. The Morgan fingerprint density at radius 1 is 1.30 bits per heavy atom. The molecule has 0 bridgehead atoms. The number of halogens is 1. The summed E-state index contributed by atoms with van der Waals surface area (Å²) in [4.78, 5) is 12.9. The molecule has 2 rings (SSSR count). The van der Waals surface area contributed by atoms with Crippen molar-refractivity contribution < 1.29 is 21.3 Å². The molecule has 0 aromatic heterocycles. The highest BCUT2D eigenvalue weighted by molar-refractivity contribution is 7.81. The third-order valence-corrected chi connectivity index (χ3v) is 3.47. The first-order chi connectivity index (χ1) is 9.35. The molecule has 0 unspecified atom stereocenters. The van der Waals surface area contributed by atoms with E-state index in [4.69, 9.17) is 0 Å². The number of nitrogens with zero attached hydrogens (tertiary/aromatic N) is 1. The second-order valence-electron chi connectivity index (χ2n) is 4.45. The fraction of sp³-hybridized carbons (Fsp3) is 0.308. The number of amides is 1. The molecule has 108 valence electrons. The van der Waals surface area contributed by atoms with Gasteiger partial charge in [0.25, 0.3) is 0 Å². The van der Waals surface area contributed by atoms with Crippen LogP contribution >= 0.6 is 0 Å². The van der Waals surface area contributed by atoms with Gasteiger partial charge >= 0.3 is 10.5 Å². The smallest absolute Gasteiger partial charge is 0.358 e. The van der Waals surface area contributed by atoms with Crippen LogP contribution in [-0.2, 0) is 15.3 Å². The molecule has 1 aliphatic heterocycles. The summed E-state index contributed by atoms with van der Waals surface area (Å²) in [7, 11) is -4.99. The fourth-order valence-corrected chi connectivity index (χ4v) is 2.40. The fourth-order valence-electron chi connectivity index (χ4n) is 2.06. The molecule has 0 N–H and O–H groups in total. The highest BCUT2D eigenvalue weighted by atomic mass is 32.3. The zero-order valence-electron chi connectivity index (χ0n) is 10.9. The molecular formula is C13H14FNO4S. The van der Waals surface area contributed by atoms with Gasteiger partial charge in [0.1, 0.15) is 5.75 Å². The molecule has 0 spiro atoms. The Hall–Kier alpha value is -1.89. The molecule has 5 nitrogen and oxygen atoms in total. The monoisotopic (exact) mass is 299 g/mol. The van der Waals surface area contributed by atoms with Gasteiger partial charge in [-0.25, -0.2) is 0 Å². The Labute approximate surface area is 117 Å². The number of hydrogen-bond donors (Lipinski definition) is 0. The van der Waals surface area contributed by atoms with Gasteiger partial charge in [-0.2, -0.15) is 8.42 Å². The lowest BCUT2D eigenvalue weighted by atomic mass is 9.99. The van der Waals surface area contributed by atoms with Crippen LogP contribution in [0.1, 0.15) is 18.9 Å². The lowest BCUT2D eigenvalue weighted by Crippen LogP contribution is -2.32. The number of benzene rings is 1. The first-order valence-corrected chi connectivity index (χ1v) is 7.35. The van der Waals surface area contributed by atoms with E-state index in [9.17, 15) is 17.1 Å². The summed E-state index contributed by atoms with van der Waals surface area (Å²) >= 11 is 0. The van der Waals surface area contributed by atoms with Crippen LogP contribution in [0.2, 0.25) is 0 Å². The maximum atomic E-state index is 12.3.